The second-order valence-electron chi connectivity index (χ2n) is 10.7. The van der Waals surface area contributed by atoms with Crippen molar-refractivity contribution in [3.63, 3.8) is 0 Å². The molecule has 0 aliphatic heterocycles. The van der Waals surface area contributed by atoms with Crippen molar-refractivity contribution >= 4 is 149 Å². The molecule has 0 aliphatic rings. The van der Waals surface area contributed by atoms with Gasteiger partial charge in [-0.25, -0.2) is 0 Å². The summed E-state index contributed by atoms with van der Waals surface area (Å²) in [6, 6.07) is 0. The summed E-state index contributed by atoms with van der Waals surface area (Å²) in [6.07, 6.45) is 0. The zero-order chi connectivity index (χ0) is 36.8. The third-order valence-corrected chi connectivity index (χ3v) is 49.8. The summed E-state index contributed by atoms with van der Waals surface area (Å²) in [7, 11) is -27.1. The highest BCUT2D eigenvalue weighted by atomic mass is 28.5. The molecular weight excluding hydrogens is 898 g/mol. The van der Waals surface area contributed by atoms with Crippen LogP contribution in [0.1, 0.15) is 0 Å². The standard InChI is InChI=1S/C16H66O16Si16/c1-33-17-18-35(3)20-37(5)22-39(7)24-41(9)26-43(11)28-45(13)30-47(15)32-48(16)31-46(14)29-44(12)27-42(10)25-40(8)23-38(6)21-36(4)19-34-2/h35-48H,33-34H2,1-16H3. The molecule has 0 spiro atoms. The predicted octanol–water partition coefficient (Wildman–Crippen LogP) is -2.66. The molecule has 0 aromatic heterocycles. The van der Waals surface area contributed by atoms with Crippen molar-refractivity contribution in [2.45, 2.75) is 105 Å². The van der Waals surface area contributed by atoms with Gasteiger partial charge in [-0.3, -0.25) is 4.58 Å². The molecule has 0 radical (unpaired) electrons. The smallest absolute Gasteiger partial charge is 0.346 e. The van der Waals surface area contributed by atoms with E-state index in [0.717, 1.165) is 0 Å². The fourth-order valence-corrected chi connectivity index (χ4v) is 46.8. The van der Waals surface area contributed by atoms with Gasteiger partial charge in [0.1, 0.15) is 9.76 Å². The SMILES string of the molecule is C[SiH2]OO[SiH](C)O[SiH](C)O[SiH](C)O[SiH](C)O[SiH](C)O[SiH](C)O[SiH](C)O[SiH](C)O[SiH](C)O[SiH](C)O[SiH](C)O[SiH](C)O[SiH](C)O[SiH](C)O[SiH2]C. The fourth-order valence-electron chi connectivity index (χ4n) is 4.35. The molecule has 0 aliphatic carbocycles. The number of hydrogen-bond acceptors (Lipinski definition) is 16. The van der Waals surface area contributed by atoms with Crippen LogP contribution in [0.15, 0.2) is 0 Å². The molecule has 32 heteroatoms. The van der Waals surface area contributed by atoms with Crippen LogP contribution in [0.2, 0.25) is 105 Å². The minimum atomic E-state index is -1.94. The van der Waals surface area contributed by atoms with Crippen LogP contribution in [-0.4, -0.2) is 149 Å². The predicted molar refractivity (Wildman–Crippen MR) is 228 cm³/mol. The summed E-state index contributed by atoms with van der Waals surface area (Å²) in [5.41, 5.74) is 0. The summed E-state index contributed by atoms with van der Waals surface area (Å²) in [5.74, 6) is 0. The van der Waals surface area contributed by atoms with Gasteiger partial charge in [0.2, 0.25) is 9.76 Å². The molecular formula is C16H66O16Si16. The normalized spacial score (nSPS) is 21.8. The van der Waals surface area contributed by atoms with Crippen LogP contribution in [-0.2, 0) is 66.8 Å². The van der Waals surface area contributed by atoms with Crippen molar-refractivity contribution in [3.05, 3.63) is 0 Å². The molecule has 0 saturated heterocycles. The first-order valence-corrected chi connectivity index (χ1v) is 50.2. The Morgan fingerprint density at radius 2 is 0.438 bits per heavy atom. The summed E-state index contributed by atoms with van der Waals surface area (Å²) in [4.78, 5) is 0. The van der Waals surface area contributed by atoms with Crippen molar-refractivity contribution in [1.29, 1.82) is 0 Å². The van der Waals surface area contributed by atoms with Crippen LogP contribution >= 0.6 is 0 Å². The summed E-state index contributed by atoms with van der Waals surface area (Å²) in [6.45, 7) is 32.3. The Morgan fingerprint density at radius 1 is 0.250 bits per heavy atom. The topological polar surface area (TPSA) is 148 Å². The quantitative estimate of drug-likeness (QED) is 0.0404. The molecule has 0 rings (SSSR count). The third-order valence-electron chi connectivity index (χ3n) is 5.71. The molecule has 14 unspecified atom stereocenters. The molecule has 14 atom stereocenters. The van der Waals surface area contributed by atoms with Gasteiger partial charge in [0.25, 0.3) is 121 Å². The molecule has 0 N–H and O–H groups in total. The minimum absolute atomic E-state index is 0.450. The molecule has 0 fully saturated rings. The van der Waals surface area contributed by atoms with E-state index in [1.807, 2.05) is 91.7 Å². The van der Waals surface area contributed by atoms with Crippen molar-refractivity contribution in [3.8, 4) is 0 Å². The average Bonchev–Trinajstić information content (AvgIpc) is 2.90. The van der Waals surface area contributed by atoms with Gasteiger partial charge in [-0.15, -0.1) is 0 Å². The zero-order valence-electron chi connectivity index (χ0n) is 32.0. The molecule has 48 heavy (non-hydrogen) atoms. The van der Waals surface area contributed by atoms with Crippen molar-refractivity contribution < 1.29 is 66.8 Å². The van der Waals surface area contributed by atoms with E-state index in [0.29, 0.717) is 0 Å². The molecule has 0 aromatic rings. The highest BCUT2D eigenvalue weighted by Crippen LogP contribution is 2.08. The van der Waals surface area contributed by atoms with E-state index in [1.54, 1.807) is 0 Å². The van der Waals surface area contributed by atoms with E-state index in [-0.39, 0.29) is 0 Å². The van der Waals surface area contributed by atoms with Crippen LogP contribution in [0.25, 0.3) is 0 Å². The Hall–Kier alpha value is 2.83. The lowest BCUT2D eigenvalue weighted by atomic mass is 11.9. The Kier molecular flexibility index (Phi) is 31.9. The van der Waals surface area contributed by atoms with Crippen LogP contribution < -0.4 is 0 Å². The maximum absolute atomic E-state index is 6.19. The van der Waals surface area contributed by atoms with Crippen molar-refractivity contribution in [2.24, 2.45) is 0 Å². The molecule has 0 bridgehead atoms. The third kappa shape index (κ3) is 29.2. The van der Waals surface area contributed by atoms with Gasteiger partial charge in [0, 0.05) is 0 Å². The molecule has 0 heterocycles. The van der Waals surface area contributed by atoms with Crippen LogP contribution in [0.5, 0.6) is 0 Å². The van der Waals surface area contributed by atoms with Gasteiger partial charge in [0.15, 0.2) is 0 Å². The van der Waals surface area contributed by atoms with Crippen molar-refractivity contribution in [2.75, 3.05) is 0 Å². The summed E-state index contributed by atoms with van der Waals surface area (Å²) in [5, 5.41) is 0. The second-order valence-corrected chi connectivity index (χ2v) is 43.6. The Balaban J connectivity index is 4.33. The molecule has 0 amide bonds. The molecule has 16 nitrogen and oxygen atoms in total. The average molecular weight is 964 g/mol. The van der Waals surface area contributed by atoms with Crippen LogP contribution in [0, 0.1) is 0 Å². The van der Waals surface area contributed by atoms with E-state index >= 15 is 0 Å². The van der Waals surface area contributed by atoms with Gasteiger partial charge in [0.05, 0.1) is 0 Å². The zero-order valence-corrected chi connectivity index (χ0v) is 51.0. The van der Waals surface area contributed by atoms with E-state index in [2.05, 4.69) is 13.1 Å². The highest BCUT2D eigenvalue weighted by molar-refractivity contribution is 6.73. The lowest BCUT2D eigenvalue weighted by Crippen LogP contribution is -2.43. The highest BCUT2D eigenvalue weighted by Gasteiger charge is 2.27. The van der Waals surface area contributed by atoms with E-state index in [4.69, 9.17) is 66.8 Å². The minimum Gasteiger partial charge on any atom is -0.444 e. The summed E-state index contributed by atoms with van der Waals surface area (Å²) < 4.78 is 95.6. The Labute approximate surface area is 318 Å². The number of hydrogen-bond donors (Lipinski definition) is 0. The fraction of sp³-hybridized carbons (Fsp3) is 1.00. The maximum atomic E-state index is 6.19. The Morgan fingerprint density at radius 3 is 0.625 bits per heavy atom. The van der Waals surface area contributed by atoms with E-state index in [9.17, 15) is 0 Å². The molecule has 290 valence electrons. The van der Waals surface area contributed by atoms with Gasteiger partial charge in [-0.1, -0.05) is 6.55 Å². The lowest BCUT2D eigenvalue weighted by molar-refractivity contribution is -0.117. The van der Waals surface area contributed by atoms with Gasteiger partial charge in [-0.05, 0) is 98.2 Å². The Bertz CT molecular complexity index is 785. The van der Waals surface area contributed by atoms with Gasteiger partial charge >= 0.3 is 9.28 Å². The second kappa shape index (κ2) is 30.1. The lowest BCUT2D eigenvalue weighted by Gasteiger charge is -2.27. The van der Waals surface area contributed by atoms with E-state index < -0.39 is 149 Å². The first kappa shape index (κ1) is 50.8. The maximum Gasteiger partial charge on any atom is 0.346 e. The summed E-state index contributed by atoms with van der Waals surface area (Å²) >= 11 is 0. The van der Waals surface area contributed by atoms with Gasteiger partial charge < -0.3 is 62.2 Å². The van der Waals surface area contributed by atoms with E-state index in [1.165, 1.54) is 0 Å². The molecule has 0 saturated carbocycles. The van der Waals surface area contributed by atoms with Crippen LogP contribution in [0.4, 0.5) is 0 Å². The van der Waals surface area contributed by atoms with Gasteiger partial charge in [-0.2, -0.15) is 0 Å². The largest absolute Gasteiger partial charge is 0.444 e. The monoisotopic (exact) mass is 962 g/mol. The van der Waals surface area contributed by atoms with Crippen LogP contribution in [0.3, 0.4) is 0 Å². The number of rotatable bonds is 31. The first-order chi connectivity index (χ1) is 22.4. The van der Waals surface area contributed by atoms with Crippen molar-refractivity contribution in [1.82, 2.24) is 0 Å². The molecule has 0 aromatic carbocycles. The first-order valence-electron chi connectivity index (χ1n) is 16.8.